The van der Waals surface area contributed by atoms with Crippen LogP contribution in [0, 0.1) is 6.92 Å². The SMILES string of the molecule is CCC1=C(C)c2cc3cc(cc4[nH]c(cc5[nH]c(cc1n2)c(CC)c5CC)c(CC)c4C)-c1ccccc1-3. The van der Waals surface area contributed by atoms with Gasteiger partial charge < -0.3 is 9.97 Å². The molecule has 192 valence electrons. The average Bonchev–Trinajstić information content (AvgIpc) is 3.61. The molecule has 0 spiro atoms. The highest BCUT2D eigenvalue weighted by Gasteiger charge is 2.19. The minimum atomic E-state index is 0.963. The number of benzene rings is 1. The van der Waals surface area contributed by atoms with Crippen LogP contribution in [-0.2, 0) is 19.3 Å². The summed E-state index contributed by atoms with van der Waals surface area (Å²) in [5, 5.41) is 0. The van der Waals surface area contributed by atoms with Crippen molar-refractivity contribution in [3.05, 3.63) is 88.2 Å². The van der Waals surface area contributed by atoms with Gasteiger partial charge in [-0.15, -0.1) is 0 Å². The van der Waals surface area contributed by atoms with Crippen LogP contribution < -0.4 is 0 Å². The van der Waals surface area contributed by atoms with E-state index in [4.69, 9.17) is 4.98 Å². The molecule has 2 aliphatic rings. The van der Waals surface area contributed by atoms with Crippen molar-refractivity contribution in [2.75, 3.05) is 0 Å². The van der Waals surface area contributed by atoms with Gasteiger partial charge >= 0.3 is 0 Å². The molecule has 0 atom stereocenters. The first-order chi connectivity index (χ1) is 18.5. The molecule has 0 unspecified atom stereocenters. The van der Waals surface area contributed by atoms with Crippen molar-refractivity contribution in [1.29, 1.82) is 0 Å². The Labute approximate surface area is 225 Å². The fourth-order valence-electron chi connectivity index (χ4n) is 6.54. The Hall–Kier alpha value is -3.85. The van der Waals surface area contributed by atoms with Crippen LogP contribution in [-0.4, -0.2) is 15.0 Å². The summed E-state index contributed by atoms with van der Waals surface area (Å²) in [6, 6.07) is 20.3. The summed E-state index contributed by atoms with van der Waals surface area (Å²) >= 11 is 0. The Balaban J connectivity index is 1.82. The zero-order valence-electron chi connectivity index (χ0n) is 23.5. The number of hydrogen-bond acceptors (Lipinski definition) is 1. The van der Waals surface area contributed by atoms with E-state index in [1.165, 1.54) is 77.7 Å². The third kappa shape index (κ3) is 3.75. The van der Waals surface area contributed by atoms with Crippen molar-refractivity contribution in [1.82, 2.24) is 15.0 Å². The van der Waals surface area contributed by atoms with Gasteiger partial charge in [0.05, 0.1) is 11.4 Å². The summed E-state index contributed by atoms with van der Waals surface area (Å²) in [5.41, 5.74) is 20.1. The number of aromatic amines is 2. The highest BCUT2D eigenvalue weighted by molar-refractivity contribution is 5.96. The normalized spacial score (nSPS) is 12.8. The van der Waals surface area contributed by atoms with E-state index < -0.39 is 0 Å². The largest absolute Gasteiger partial charge is 0.355 e. The molecular formula is C35H37N3. The van der Waals surface area contributed by atoms with Crippen molar-refractivity contribution in [2.24, 2.45) is 0 Å². The second-order valence-corrected chi connectivity index (χ2v) is 10.5. The van der Waals surface area contributed by atoms with Crippen LogP contribution in [0.2, 0.25) is 0 Å². The lowest BCUT2D eigenvalue weighted by Crippen LogP contribution is -1.86. The number of nitrogens with one attached hydrogen (secondary N) is 2. The summed E-state index contributed by atoms with van der Waals surface area (Å²) in [6.45, 7) is 13.5. The van der Waals surface area contributed by atoms with E-state index in [2.05, 4.69) is 106 Å². The van der Waals surface area contributed by atoms with Gasteiger partial charge in [-0.3, -0.25) is 0 Å². The molecule has 0 saturated heterocycles. The van der Waals surface area contributed by atoms with Crippen LogP contribution >= 0.6 is 0 Å². The average molecular weight is 500 g/mol. The van der Waals surface area contributed by atoms with E-state index in [9.17, 15) is 0 Å². The monoisotopic (exact) mass is 499 g/mol. The molecule has 1 aliphatic carbocycles. The summed E-state index contributed by atoms with van der Waals surface area (Å²) in [5.74, 6) is 0. The predicted octanol–water partition coefficient (Wildman–Crippen LogP) is 9.59. The first-order valence-electron chi connectivity index (χ1n) is 14.2. The maximum absolute atomic E-state index is 5.21. The van der Waals surface area contributed by atoms with Gasteiger partial charge in [0.25, 0.3) is 0 Å². The van der Waals surface area contributed by atoms with E-state index in [0.717, 1.165) is 37.1 Å². The van der Waals surface area contributed by atoms with E-state index in [1.807, 2.05) is 0 Å². The number of aryl methyl sites for hydroxylation is 4. The third-order valence-electron chi connectivity index (χ3n) is 8.56. The maximum atomic E-state index is 5.21. The van der Waals surface area contributed by atoms with Crippen molar-refractivity contribution in [3.63, 3.8) is 0 Å². The Morgan fingerprint density at radius 2 is 1.16 bits per heavy atom. The van der Waals surface area contributed by atoms with Crippen LogP contribution in [0.4, 0.5) is 0 Å². The molecule has 1 aliphatic heterocycles. The Kier molecular flexibility index (Phi) is 6.10. The number of hydrogen-bond donors (Lipinski definition) is 2. The maximum Gasteiger partial charge on any atom is 0.0693 e. The molecule has 0 fully saturated rings. The third-order valence-corrected chi connectivity index (χ3v) is 8.56. The second kappa shape index (κ2) is 9.47. The molecule has 3 nitrogen and oxygen atoms in total. The topological polar surface area (TPSA) is 44.5 Å². The molecule has 8 bridgehead atoms. The minimum absolute atomic E-state index is 0.963. The zero-order chi connectivity index (χ0) is 26.6. The van der Waals surface area contributed by atoms with Crippen molar-refractivity contribution in [2.45, 2.75) is 67.2 Å². The fraction of sp³-hybridized carbons (Fsp3) is 0.286. The molecule has 0 radical (unpaired) electrons. The first-order valence-corrected chi connectivity index (χ1v) is 14.2. The van der Waals surface area contributed by atoms with E-state index >= 15 is 0 Å². The lowest BCUT2D eigenvalue weighted by atomic mass is 10.0. The molecule has 0 saturated carbocycles. The molecule has 1 aromatic carbocycles. The van der Waals surface area contributed by atoms with Crippen LogP contribution in [0.1, 0.15) is 74.7 Å². The number of aromatic nitrogens is 3. The molecule has 3 heteroatoms. The standard InChI is InChI=1S/C35H37N3/c1-7-24-20(5)30-16-22-15-23(29-14-12-11-13-28(22)29)17-31-21(6)25(8-2)33(37-31)19-35-27(10-4)26(9-3)34(38-35)18-32(24)36-30/h11-19,36,38H,7-10H2,1-6H3. The van der Waals surface area contributed by atoms with Crippen LogP contribution in [0.3, 0.4) is 0 Å². The van der Waals surface area contributed by atoms with Gasteiger partial charge in [0.2, 0.25) is 0 Å². The molecule has 2 N–H and O–H groups in total. The quantitative estimate of drug-likeness (QED) is 0.254. The van der Waals surface area contributed by atoms with Gasteiger partial charge in [-0.1, -0.05) is 52.0 Å². The molecule has 0 amide bonds. The van der Waals surface area contributed by atoms with Gasteiger partial charge in [0, 0.05) is 22.1 Å². The number of allylic oxidation sites excluding steroid dienone is 2. The van der Waals surface area contributed by atoms with E-state index in [1.54, 1.807) is 0 Å². The highest BCUT2D eigenvalue weighted by atomic mass is 14.8. The number of H-pyrrole nitrogens is 2. The summed E-state index contributed by atoms with van der Waals surface area (Å²) in [6.07, 6.45) is 3.94. The van der Waals surface area contributed by atoms with Crippen molar-refractivity contribution in [3.8, 4) is 22.3 Å². The van der Waals surface area contributed by atoms with Gasteiger partial charge in [-0.2, -0.15) is 0 Å². The van der Waals surface area contributed by atoms with Crippen LogP contribution in [0.5, 0.6) is 0 Å². The van der Waals surface area contributed by atoms with Gasteiger partial charge in [0.1, 0.15) is 0 Å². The molecule has 38 heavy (non-hydrogen) atoms. The minimum Gasteiger partial charge on any atom is -0.355 e. The molecule has 6 rings (SSSR count). The summed E-state index contributed by atoms with van der Waals surface area (Å²) in [4.78, 5) is 12.8. The molecule has 4 aromatic rings. The van der Waals surface area contributed by atoms with E-state index in [-0.39, 0.29) is 0 Å². The van der Waals surface area contributed by atoms with Crippen molar-refractivity contribution >= 4 is 33.2 Å². The van der Waals surface area contributed by atoms with E-state index in [0.29, 0.717) is 0 Å². The lowest BCUT2D eigenvalue weighted by molar-refractivity contribution is 1.07. The number of nitrogens with zero attached hydrogens (tertiary/aromatic N) is 1. The molecule has 3 aromatic heterocycles. The van der Waals surface area contributed by atoms with Crippen LogP contribution in [0.25, 0.3) is 55.5 Å². The summed E-state index contributed by atoms with van der Waals surface area (Å²) in [7, 11) is 0. The number of rotatable bonds is 4. The van der Waals surface area contributed by atoms with Crippen LogP contribution in [0.15, 0.2) is 54.6 Å². The zero-order valence-corrected chi connectivity index (χ0v) is 23.5. The summed E-state index contributed by atoms with van der Waals surface area (Å²) < 4.78 is 0. The van der Waals surface area contributed by atoms with Gasteiger partial charge in [0.15, 0.2) is 0 Å². The Morgan fingerprint density at radius 3 is 1.79 bits per heavy atom. The second-order valence-electron chi connectivity index (χ2n) is 10.5. The smallest absolute Gasteiger partial charge is 0.0693 e. The van der Waals surface area contributed by atoms with Gasteiger partial charge in [-0.25, -0.2) is 4.98 Å². The Morgan fingerprint density at radius 1 is 0.579 bits per heavy atom. The van der Waals surface area contributed by atoms with Gasteiger partial charge in [-0.05, 0) is 126 Å². The fourth-order valence-corrected chi connectivity index (χ4v) is 6.54. The number of fused-ring (bicyclic) bond motifs is 11. The molecular weight excluding hydrogens is 462 g/mol. The van der Waals surface area contributed by atoms with Crippen molar-refractivity contribution < 1.29 is 0 Å². The Bertz CT molecular complexity index is 1770. The first kappa shape index (κ1) is 24.5. The lowest BCUT2D eigenvalue weighted by Gasteiger charge is -2.01. The highest BCUT2D eigenvalue weighted by Crippen LogP contribution is 2.41. The predicted molar refractivity (Wildman–Crippen MR) is 163 cm³/mol. The molecule has 4 heterocycles.